The molecule has 4 fully saturated rings. The fourth-order valence-corrected chi connectivity index (χ4v) is 8.39. The molecule has 0 spiro atoms. The molecule has 3 nitrogen and oxygen atoms in total. The Balaban J connectivity index is 1.56. The van der Waals surface area contributed by atoms with Crippen LogP contribution in [0.15, 0.2) is 0 Å². The van der Waals surface area contributed by atoms with Gasteiger partial charge in [0, 0.05) is 13.0 Å². The fraction of sp³-hybridized carbons (Fsp3) is 0.957. The van der Waals surface area contributed by atoms with Gasteiger partial charge in [-0.15, -0.1) is 0 Å². The first-order chi connectivity index (χ1) is 12.2. The minimum absolute atomic E-state index is 0.252. The average molecular weight is 363 g/mol. The Hall–Kier alpha value is -0.410. The van der Waals surface area contributed by atoms with E-state index in [1.54, 1.807) is 7.11 Å². The number of hydrogen-bond donors (Lipinski definition) is 1. The van der Waals surface area contributed by atoms with E-state index in [4.69, 9.17) is 4.74 Å². The zero-order valence-electron chi connectivity index (χ0n) is 17.2. The molecule has 0 bridgehead atoms. The summed E-state index contributed by atoms with van der Waals surface area (Å²) in [6, 6.07) is 0. The highest BCUT2D eigenvalue weighted by Gasteiger charge is 2.61. The maximum Gasteiger partial charge on any atom is 0.133 e. The van der Waals surface area contributed by atoms with Crippen LogP contribution in [0.1, 0.15) is 78.6 Å². The molecular weight excluding hydrogens is 324 g/mol. The number of Topliss-reactive ketones (excluding diaryl/α,β-unsaturated/α-hetero) is 1. The number of carbonyl (C=O) groups excluding carboxylic acids is 1. The van der Waals surface area contributed by atoms with Gasteiger partial charge >= 0.3 is 0 Å². The highest BCUT2D eigenvalue weighted by atomic mass is 16.5. The zero-order chi connectivity index (χ0) is 18.7. The highest BCUT2D eigenvalue weighted by Crippen LogP contribution is 2.68. The van der Waals surface area contributed by atoms with Crippen LogP contribution in [0.3, 0.4) is 0 Å². The molecule has 0 aromatic heterocycles. The van der Waals surface area contributed by atoms with Gasteiger partial charge < -0.3 is 9.84 Å². The van der Waals surface area contributed by atoms with Crippen molar-refractivity contribution >= 4 is 5.78 Å². The largest absolute Gasteiger partial charge is 0.387 e. The summed E-state index contributed by atoms with van der Waals surface area (Å²) in [4.78, 5) is 12.3. The van der Waals surface area contributed by atoms with Crippen LogP contribution in [-0.4, -0.2) is 30.2 Å². The first-order valence-electron chi connectivity index (χ1n) is 11.0. The van der Waals surface area contributed by atoms with Crippen LogP contribution < -0.4 is 0 Å². The molecule has 0 aliphatic heterocycles. The molecule has 4 aliphatic rings. The van der Waals surface area contributed by atoms with Crippen molar-refractivity contribution in [1.29, 1.82) is 0 Å². The van der Waals surface area contributed by atoms with E-state index in [1.165, 1.54) is 32.1 Å². The van der Waals surface area contributed by atoms with Crippen LogP contribution in [0.25, 0.3) is 0 Å². The van der Waals surface area contributed by atoms with Crippen molar-refractivity contribution < 1.29 is 14.6 Å². The lowest BCUT2D eigenvalue weighted by molar-refractivity contribution is -0.163. The third kappa shape index (κ3) is 2.64. The number of ether oxygens (including phenoxy) is 1. The Morgan fingerprint density at radius 1 is 1.00 bits per heavy atom. The second-order valence-electron chi connectivity index (χ2n) is 10.8. The lowest BCUT2D eigenvalue weighted by Gasteiger charge is -2.62. The van der Waals surface area contributed by atoms with Crippen LogP contribution in [0.5, 0.6) is 0 Å². The van der Waals surface area contributed by atoms with Crippen LogP contribution in [0.4, 0.5) is 0 Å². The molecule has 0 heterocycles. The SMILES string of the molecule is COCC1(O)CC[C@@]2(C)C(CC[C@H]3[C@@H]4CC[C@H](C(C)=O)[C@@]4(C)CC[C@@H]32)C1. The maximum absolute atomic E-state index is 12.3. The number of carbonyl (C=O) groups is 1. The summed E-state index contributed by atoms with van der Waals surface area (Å²) < 4.78 is 5.33. The van der Waals surface area contributed by atoms with E-state index in [1.807, 2.05) is 6.92 Å². The van der Waals surface area contributed by atoms with Crippen molar-refractivity contribution in [2.24, 2.45) is 40.4 Å². The van der Waals surface area contributed by atoms with Crippen LogP contribution in [0, 0.1) is 40.4 Å². The van der Waals surface area contributed by atoms with Gasteiger partial charge in [-0.05, 0) is 99.2 Å². The van der Waals surface area contributed by atoms with E-state index in [9.17, 15) is 9.90 Å². The predicted octanol–water partition coefficient (Wildman–Crippen LogP) is 4.61. The second kappa shape index (κ2) is 6.30. The third-order valence-electron chi connectivity index (χ3n) is 9.72. The standard InChI is InChI=1S/C23H38O3/c1-15(24)18-7-8-19-17-6-5-16-13-23(25,14-26-4)12-11-21(16,2)20(17)9-10-22(18,19)3/h16-20,25H,5-14H2,1-4H3/t16?,17-,18+,19-,20-,21-,22+,23?/m0/s1. The predicted molar refractivity (Wildman–Crippen MR) is 103 cm³/mol. The zero-order valence-corrected chi connectivity index (χ0v) is 17.2. The van der Waals surface area contributed by atoms with Gasteiger partial charge in [0.15, 0.2) is 0 Å². The molecule has 148 valence electrons. The molecule has 0 aromatic rings. The molecule has 26 heavy (non-hydrogen) atoms. The molecule has 4 saturated carbocycles. The van der Waals surface area contributed by atoms with Gasteiger partial charge in [-0.3, -0.25) is 4.79 Å². The number of rotatable bonds is 3. The molecular formula is C23H38O3. The van der Waals surface area contributed by atoms with Gasteiger partial charge in [0.05, 0.1) is 12.2 Å². The highest BCUT2D eigenvalue weighted by molar-refractivity contribution is 5.79. The van der Waals surface area contributed by atoms with Gasteiger partial charge in [0.25, 0.3) is 0 Å². The van der Waals surface area contributed by atoms with Crippen molar-refractivity contribution in [1.82, 2.24) is 0 Å². The van der Waals surface area contributed by atoms with Crippen LogP contribution >= 0.6 is 0 Å². The molecule has 3 heteroatoms. The van der Waals surface area contributed by atoms with Crippen molar-refractivity contribution in [2.45, 2.75) is 84.2 Å². The summed E-state index contributed by atoms with van der Waals surface area (Å²) in [5, 5.41) is 10.9. The van der Waals surface area contributed by atoms with Gasteiger partial charge in [0.2, 0.25) is 0 Å². The summed E-state index contributed by atoms with van der Waals surface area (Å²) in [5.41, 5.74) is 0.0161. The Morgan fingerprint density at radius 3 is 2.42 bits per heavy atom. The second-order valence-corrected chi connectivity index (χ2v) is 10.8. The molecule has 0 amide bonds. The molecule has 0 radical (unpaired) electrons. The fourth-order valence-electron chi connectivity index (χ4n) is 8.39. The van der Waals surface area contributed by atoms with Gasteiger partial charge in [-0.25, -0.2) is 0 Å². The smallest absolute Gasteiger partial charge is 0.133 e. The van der Waals surface area contributed by atoms with Crippen LogP contribution in [-0.2, 0) is 9.53 Å². The maximum atomic E-state index is 12.3. The van der Waals surface area contributed by atoms with E-state index < -0.39 is 5.60 Å². The summed E-state index contributed by atoms with van der Waals surface area (Å²) in [6.45, 7) is 7.26. The van der Waals surface area contributed by atoms with E-state index in [0.29, 0.717) is 29.6 Å². The Labute approximate surface area is 159 Å². The van der Waals surface area contributed by atoms with E-state index in [0.717, 1.165) is 43.4 Å². The first-order valence-corrected chi connectivity index (χ1v) is 11.0. The first kappa shape index (κ1) is 18.9. The minimum atomic E-state index is -0.609. The number of methoxy groups -OCH3 is 1. The Morgan fingerprint density at radius 2 is 1.73 bits per heavy atom. The lowest BCUT2D eigenvalue weighted by atomic mass is 9.44. The summed E-state index contributed by atoms with van der Waals surface area (Å²) in [6.07, 6.45) is 10.4. The quantitative estimate of drug-likeness (QED) is 0.797. The molecule has 4 rings (SSSR count). The lowest BCUT2D eigenvalue weighted by Crippen LogP contribution is -2.56. The number of ketones is 1. The molecule has 0 saturated heterocycles. The van der Waals surface area contributed by atoms with Gasteiger partial charge in [0.1, 0.15) is 5.78 Å². The summed E-state index contributed by atoms with van der Waals surface area (Å²) >= 11 is 0. The summed E-state index contributed by atoms with van der Waals surface area (Å²) in [7, 11) is 1.70. The molecule has 2 unspecified atom stereocenters. The van der Waals surface area contributed by atoms with Crippen molar-refractivity contribution in [2.75, 3.05) is 13.7 Å². The third-order valence-corrected chi connectivity index (χ3v) is 9.72. The van der Waals surface area contributed by atoms with Gasteiger partial charge in [-0.2, -0.15) is 0 Å². The Kier molecular flexibility index (Phi) is 4.59. The van der Waals surface area contributed by atoms with Crippen molar-refractivity contribution in [3.05, 3.63) is 0 Å². The monoisotopic (exact) mass is 362 g/mol. The number of aliphatic hydroxyl groups is 1. The minimum Gasteiger partial charge on any atom is -0.387 e. The van der Waals surface area contributed by atoms with Crippen LogP contribution in [0.2, 0.25) is 0 Å². The normalized spacial score (nSPS) is 53.5. The van der Waals surface area contributed by atoms with E-state index in [2.05, 4.69) is 13.8 Å². The Bertz CT molecular complexity index is 574. The van der Waals surface area contributed by atoms with Gasteiger partial charge in [-0.1, -0.05) is 13.8 Å². The van der Waals surface area contributed by atoms with Crippen molar-refractivity contribution in [3.8, 4) is 0 Å². The molecule has 8 atom stereocenters. The number of fused-ring (bicyclic) bond motifs is 5. The average Bonchev–Trinajstić information content (AvgIpc) is 2.93. The topological polar surface area (TPSA) is 46.5 Å². The number of hydrogen-bond acceptors (Lipinski definition) is 3. The molecule has 0 aromatic carbocycles. The van der Waals surface area contributed by atoms with E-state index in [-0.39, 0.29) is 5.41 Å². The van der Waals surface area contributed by atoms with Crippen molar-refractivity contribution in [3.63, 3.8) is 0 Å². The molecule has 4 aliphatic carbocycles. The molecule has 1 N–H and O–H groups in total. The van der Waals surface area contributed by atoms with E-state index >= 15 is 0 Å². The summed E-state index contributed by atoms with van der Waals surface area (Å²) in [5.74, 6) is 3.69.